The average Bonchev–Trinajstić information content (AvgIpc) is 2.95. The topological polar surface area (TPSA) is 33.2 Å². The van der Waals surface area contributed by atoms with Gasteiger partial charge in [0.1, 0.15) is 0 Å². The number of hydrogen-bond acceptors (Lipinski definition) is 2. The molecule has 3 rings (SSSR count). The largest absolute Gasteiger partial charge is 0.338 e. The summed E-state index contributed by atoms with van der Waals surface area (Å²) in [6, 6.07) is 9.59. The molecule has 2 heterocycles. The van der Waals surface area contributed by atoms with Gasteiger partial charge < -0.3 is 4.90 Å². The van der Waals surface area contributed by atoms with Crippen molar-refractivity contribution in [2.24, 2.45) is 5.92 Å². The van der Waals surface area contributed by atoms with E-state index in [9.17, 15) is 4.79 Å². The van der Waals surface area contributed by atoms with Crippen LogP contribution in [-0.2, 0) is 0 Å². The van der Waals surface area contributed by atoms with E-state index in [-0.39, 0.29) is 5.91 Å². The summed E-state index contributed by atoms with van der Waals surface area (Å²) in [6.45, 7) is 1.67. The van der Waals surface area contributed by atoms with Crippen LogP contribution in [0.5, 0.6) is 0 Å². The first-order valence-corrected chi connectivity index (χ1v) is 7.51. The van der Waals surface area contributed by atoms with Crippen LogP contribution in [0.2, 0.25) is 0 Å². The monoisotopic (exact) mass is 288 g/mol. The number of likely N-dealkylation sites (tertiary alicyclic amines) is 1. The summed E-state index contributed by atoms with van der Waals surface area (Å²) >= 11 is 5.78. The Morgan fingerprint density at radius 3 is 3.15 bits per heavy atom. The van der Waals surface area contributed by atoms with Crippen LogP contribution in [0.1, 0.15) is 23.2 Å². The van der Waals surface area contributed by atoms with Gasteiger partial charge in [0.2, 0.25) is 0 Å². The zero-order valence-electron chi connectivity index (χ0n) is 11.3. The predicted molar refractivity (Wildman–Crippen MR) is 81.1 cm³/mol. The minimum Gasteiger partial charge on any atom is -0.338 e. The Labute approximate surface area is 123 Å². The molecule has 0 saturated carbocycles. The van der Waals surface area contributed by atoms with Crippen LogP contribution >= 0.6 is 11.6 Å². The Morgan fingerprint density at radius 2 is 2.30 bits per heavy atom. The second-order valence-corrected chi connectivity index (χ2v) is 5.67. The number of carbonyl (C=O) groups is 1. The fourth-order valence-electron chi connectivity index (χ4n) is 2.80. The average molecular weight is 289 g/mol. The first-order valence-electron chi connectivity index (χ1n) is 6.98. The highest BCUT2D eigenvalue weighted by molar-refractivity contribution is 6.17. The minimum absolute atomic E-state index is 0.118. The Kier molecular flexibility index (Phi) is 3.88. The van der Waals surface area contributed by atoms with Crippen LogP contribution < -0.4 is 0 Å². The van der Waals surface area contributed by atoms with E-state index in [1.807, 2.05) is 35.2 Å². The maximum Gasteiger partial charge on any atom is 0.253 e. The van der Waals surface area contributed by atoms with E-state index in [2.05, 4.69) is 4.98 Å². The van der Waals surface area contributed by atoms with Crippen LogP contribution in [0.3, 0.4) is 0 Å². The third-order valence-corrected chi connectivity index (χ3v) is 4.16. The summed E-state index contributed by atoms with van der Waals surface area (Å²) in [7, 11) is 0. The molecule has 1 aliphatic heterocycles. The molecule has 1 unspecified atom stereocenters. The van der Waals surface area contributed by atoms with Crippen molar-refractivity contribution in [3.05, 3.63) is 42.1 Å². The summed E-state index contributed by atoms with van der Waals surface area (Å²) in [4.78, 5) is 18.7. The highest BCUT2D eigenvalue weighted by Gasteiger charge is 2.26. The number of amides is 1. The van der Waals surface area contributed by atoms with Crippen molar-refractivity contribution < 1.29 is 4.79 Å². The van der Waals surface area contributed by atoms with Crippen molar-refractivity contribution in [2.45, 2.75) is 12.8 Å². The molecule has 1 amide bonds. The van der Waals surface area contributed by atoms with Gasteiger partial charge in [-0.3, -0.25) is 9.78 Å². The molecular weight excluding hydrogens is 272 g/mol. The van der Waals surface area contributed by atoms with Gasteiger partial charge in [0, 0.05) is 36.1 Å². The number of hydrogen-bond donors (Lipinski definition) is 0. The first kappa shape index (κ1) is 13.4. The highest BCUT2D eigenvalue weighted by Crippen LogP contribution is 2.23. The molecule has 1 aliphatic rings. The maximum absolute atomic E-state index is 12.5. The minimum atomic E-state index is 0.118. The molecular formula is C16H17ClN2O. The normalized spacial score (nSPS) is 18.6. The van der Waals surface area contributed by atoms with Gasteiger partial charge in [-0.2, -0.15) is 0 Å². The fourth-order valence-corrected chi connectivity index (χ4v) is 3.11. The third kappa shape index (κ3) is 2.63. The van der Waals surface area contributed by atoms with Crippen molar-refractivity contribution in [1.82, 2.24) is 9.88 Å². The molecule has 4 heteroatoms. The van der Waals surface area contributed by atoms with Crippen LogP contribution in [0, 0.1) is 5.92 Å². The Bertz CT molecular complexity index is 629. The summed E-state index contributed by atoms with van der Waals surface area (Å²) in [5.41, 5.74) is 1.67. The number of alkyl halides is 1. The van der Waals surface area contributed by atoms with Crippen molar-refractivity contribution in [1.29, 1.82) is 0 Å². The Balaban J connectivity index is 1.79. The van der Waals surface area contributed by atoms with E-state index < -0.39 is 0 Å². The van der Waals surface area contributed by atoms with Gasteiger partial charge in [0.05, 0.1) is 5.52 Å². The van der Waals surface area contributed by atoms with E-state index in [1.165, 1.54) is 0 Å². The lowest BCUT2D eigenvalue weighted by Gasteiger charge is -2.16. The smallest absolute Gasteiger partial charge is 0.253 e. The third-order valence-electron chi connectivity index (χ3n) is 3.94. The number of pyridine rings is 1. The van der Waals surface area contributed by atoms with Crippen LogP contribution in [-0.4, -0.2) is 34.8 Å². The zero-order valence-corrected chi connectivity index (χ0v) is 12.0. The molecule has 1 fully saturated rings. The number of benzene rings is 1. The molecule has 3 nitrogen and oxygen atoms in total. The van der Waals surface area contributed by atoms with Gasteiger partial charge in [0.15, 0.2) is 0 Å². The van der Waals surface area contributed by atoms with E-state index in [1.54, 1.807) is 6.20 Å². The summed E-state index contributed by atoms with van der Waals surface area (Å²) in [5.74, 6) is 1.35. The summed E-state index contributed by atoms with van der Waals surface area (Å²) in [5, 5.41) is 1.01. The van der Waals surface area contributed by atoms with Gasteiger partial charge in [-0.15, -0.1) is 11.6 Å². The van der Waals surface area contributed by atoms with Crippen molar-refractivity contribution in [3.8, 4) is 0 Å². The van der Waals surface area contributed by atoms with Gasteiger partial charge in [-0.05, 0) is 43.0 Å². The lowest BCUT2D eigenvalue weighted by atomic mass is 10.1. The van der Waals surface area contributed by atoms with E-state index in [0.717, 1.165) is 42.4 Å². The first-order chi connectivity index (χ1) is 9.78. The van der Waals surface area contributed by atoms with Crippen LogP contribution in [0.4, 0.5) is 0 Å². The quantitative estimate of drug-likeness (QED) is 0.812. The number of nitrogens with zero attached hydrogens (tertiary/aromatic N) is 2. The number of carbonyl (C=O) groups excluding carboxylic acids is 1. The number of rotatable bonds is 3. The van der Waals surface area contributed by atoms with Gasteiger partial charge in [-0.25, -0.2) is 0 Å². The molecule has 104 valence electrons. The molecule has 20 heavy (non-hydrogen) atoms. The van der Waals surface area contributed by atoms with Crippen molar-refractivity contribution >= 4 is 28.4 Å². The Morgan fingerprint density at radius 1 is 1.40 bits per heavy atom. The molecule has 1 aromatic heterocycles. The molecule has 0 radical (unpaired) electrons. The fraction of sp³-hybridized carbons (Fsp3) is 0.375. The number of aromatic nitrogens is 1. The van der Waals surface area contributed by atoms with Crippen LogP contribution in [0.25, 0.3) is 10.9 Å². The zero-order chi connectivity index (χ0) is 13.9. The molecule has 0 N–H and O–H groups in total. The molecule has 1 atom stereocenters. The van der Waals surface area contributed by atoms with E-state index >= 15 is 0 Å². The second-order valence-electron chi connectivity index (χ2n) is 5.29. The lowest BCUT2D eigenvalue weighted by Crippen LogP contribution is -2.28. The molecule has 0 bridgehead atoms. The molecule has 1 aromatic carbocycles. The SMILES string of the molecule is O=C(c1ccc2ncccc2c1)N1CCC(CCCl)C1. The molecule has 2 aromatic rings. The summed E-state index contributed by atoms with van der Waals surface area (Å²) < 4.78 is 0. The number of fused-ring (bicyclic) bond motifs is 1. The second kappa shape index (κ2) is 5.80. The number of halogens is 1. The van der Waals surface area contributed by atoms with Gasteiger partial charge in [-0.1, -0.05) is 6.07 Å². The van der Waals surface area contributed by atoms with Gasteiger partial charge >= 0.3 is 0 Å². The van der Waals surface area contributed by atoms with Gasteiger partial charge in [0.25, 0.3) is 5.91 Å². The Hall–Kier alpha value is -1.61. The van der Waals surface area contributed by atoms with E-state index in [0.29, 0.717) is 11.8 Å². The molecule has 0 aliphatic carbocycles. The lowest BCUT2D eigenvalue weighted by molar-refractivity contribution is 0.0787. The standard InChI is InChI=1S/C16H17ClN2O/c17-7-5-12-6-9-19(11-12)16(20)14-3-4-15-13(10-14)2-1-8-18-15/h1-4,8,10,12H,5-7,9,11H2. The highest BCUT2D eigenvalue weighted by atomic mass is 35.5. The van der Waals surface area contributed by atoms with Crippen molar-refractivity contribution in [3.63, 3.8) is 0 Å². The van der Waals surface area contributed by atoms with Crippen molar-refractivity contribution in [2.75, 3.05) is 19.0 Å². The van der Waals surface area contributed by atoms with E-state index in [4.69, 9.17) is 11.6 Å². The maximum atomic E-state index is 12.5. The molecule has 0 spiro atoms. The predicted octanol–water partition coefficient (Wildman–Crippen LogP) is 3.33. The summed E-state index contributed by atoms with van der Waals surface area (Å²) in [6.07, 6.45) is 3.82. The molecule has 1 saturated heterocycles. The van der Waals surface area contributed by atoms with Crippen LogP contribution in [0.15, 0.2) is 36.5 Å².